The van der Waals surface area contributed by atoms with Crippen LogP contribution >= 0.6 is 0 Å². The third kappa shape index (κ3) is 1.66. The average molecular weight is 240 g/mol. The van der Waals surface area contributed by atoms with Crippen LogP contribution in [0.25, 0.3) is 16.9 Å². The monoisotopic (exact) mass is 240 g/mol. The fraction of sp³-hybridized carbons (Fsp3) is 0.0769. The van der Waals surface area contributed by atoms with E-state index in [0.717, 1.165) is 22.7 Å². The molecule has 5 nitrogen and oxygen atoms in total. The number of aromatic nitrogens is 3. The molecule has 0 saturated heterocycles. The van der Waals surface area contributed by atoms with Gasteiger partial charge in [0.05, 0.1) is 12.8 Å². The summed E-state index contributed by atoms with van der Waals surface area (Å²) in [5, 5.41) is 4.19. The highest BCUT2D eigenvalue weighted by atomic mass is 16.5. The number of ether oxygens (including phenoxy) is 1. The molecule has 2 heterocycles. The number of anilines is 1. The Hall–Kier alpha value is -2.56. The van der Waals surface area contributed by atoms with E-state index in [2.05, 4.69) is 10.1 Å². The molecule has 0 aliphatic rings. The number of benzene rings is 1. The van der Waals surface area contributed by atoms with Crippen LogP contribution in [0.15, 0.2) is 42.5 Å². The fourth-order valence-electron chi connectivity index (χ4n) is 1.92. The zero-order valence-corrected chi connectivity index (χ0v) is 9.87. The number of rotatable bonds is 2. The van der Waals surface area contributed by atoms with E-state index in [4.69, 9.17) is 10.5 Å². The molecule has 0 amide bonds. The molecule has 0 bridgehead atoms. The first-order valence-electron chi connectivity index (χ1n) is 5.53. The van der Waals surface area contributed by atoms with Crippen molar-refractivity contribution in [3.8, 4) is 17.0 Å². The van der Waals surface area contributed by atoms with E-state index < -0.39 is 0 Å². The Morgan fingerprint density at radius 3 is 2.83 bits per heavy atom. The third-order valence-electron chi connectivity index (χ3n) is 2.74. The minimum absolute atomic E-state index is 0.269. The second kappa shape index (κ2) is 4.03. The molecule has 90 valence electrons. The number of fused-ring (bicyclic) bond motifs is 1. The standard InChI is InChI=1S/C13H12N4O/c1-18-10-5-2-4-9(8-10)11-6-3-7-12-15-13(14)16-17(11)12/h2-8H,1H3,(H2,14,16). The highest BCUT2D eigenvalue weighted by Gasteiger charge is 2.07. The van der Waals surface area contributed by atoms with Crippen molar-refractivity contribution < 1.29 is 4.74 Å². The highest BCUT2D eigenvalue weighted by molar-refractivity contribution is 5.65. The van der Waals surface area contributed by atoms with E-state index in [1.807, 2.05) is 42.5 Å². The van der Waals surface area contributed by atoms with Crippen molar-refractivity contribution in [1.29, 1.82) is 0 Å². The fourth-order valence-corrected chi connectivity index (χ4v) is 1.92. The topological polar surface area (TPSA) is 65.4 Å². The summed E-state index contributed by atoms with van der Waals surface area (Å²) in [7, 11) is 1.65. The van der Waals surface area contributed by atoms with Crippen molar-refractivity contribution in [2.45, 2.75) is 0 Å². The number of nitrogen functional groups attached to an aromatic ring is 1. The molecule has 0 fully saturated rings. The van der Waals surface area contributed by atoms with Crippen molar-refractivity contribution in [3.63, 3.8) is 0 Å². The van der Waals surface area contributed by atoms with Gasteiger partial charge in [-0.15, -0.1) is 5.10 Å². The van der Waals surface area contributed by atoms with Gasteiger partial charge in [0.2, 0.25) is 5.95 Å². The molecule has 0 atom stereocenters. The van der Waals surface area contributed by atoms with Crippen molar-refractivity contribution in [1.82, 2.24) is 14.6 Å². The number of nitrogens with two attached hydrogens (primary N) is 1. The first-order valence-corrected chi connectivity index (χ1v) is 5.53. The zero-order chi connectivity index (χ0) is 12.5. The molecule has 1 aromatic carbocycles. The number of pyridine rings is 1. The molecule has 5 heteroatoms. The smallest absolute Gasteiger partial charge is 0.240 e. The van der Waals surface area contributed by atoms with Crippen LogP contribution in [0.4, 0.5) is 5.95 Å². The molecule has 0 spiro atoms. The lowest BCUT2D eigenvalue weighted by Gasteiger charge is -2.06. The molecular weight excluding hydrogens is 228 g/mol. The lowest BCUT2D eigenvalue weighted by molar-refractivity contribution is 0.415. The lowest BCUT2D eigenvalue weighted by Crippen LogP contribution is -1.95. The van der Waals surface area contributed by atoms with Gasteiger partial charge in [0.25, 0.3) is 0 Å². The van der Waals surface area contributed by atoms with Crippen LogP contribution in [0, 0.1) is 0 Å². The summed E-state index contributed by atoms with van der Waals surface area (Å²) in [6.45, 7) is 0. The Kier molecular flexibility index (Phi) is 2.37. The van der Waals surface area contributed by atoms with Crippen molar-refractivity contribution in [3.05, 3.63) is 42.5 Å². The molecule has 0 saturated carbocycles. The first kappa shape index (κ1) is 10.6. The van der Waals surface area contributed by atoms with Gasteiger partial charge in [-0.2, -0.15) is 4.98 Å². The van der Waals surface area contributed by atoms with Crippen LogP contribution in [0.2, 0.25) is 0 Å². The average Bonchev–Trinajstić information content (AvgIpc) is 2.78. The zero-order valence-electron chi connectivity index (χ0n) is 9.87. The maximum absolute atomic E-state index is 5.63. The molecular formula is C13H12N4O. The van der Waals surface area contributed by atoms with Crippen molar-refractivity contribution in [2.24, 2.45) is 0 Å². The Balaban J connectivity index is 2.24. The summed E-state index contributed by atoms with van der Waals surface area (Å²) < 4.78 is 6.95. The molecule has 0 aliphatic carbocycles. The van der Waals surface area contributed by atoms with Gasteiger partial charge in [-0.3, -0.25) is 0 Å². The van der Waals surface area contributed by atoms with Gasteiger partial charge >= 0.3 is 0 Å². The van der Waals surface area contributed by atoms with Crippen LogP contribution in [-0.4, -0.2) is 21.7 Å². The summed E-state index contributed by atoms with van der Waals surface area (Å²) in [4.78, 5) is 4.14. The molecule has 0 unspecified atom stereocenters. The van der Waals surface area contributed by atoms with E-state index in [0.29, 0.717) is 0 Å². The van der Waals surface area contributed by atoms with Gasteiger partial charge in [-0.25, -0.2) is 4.52 Å². The predicted octanol–water partition coefficient (Wildman–Crippen LogP) is 1.99. The molecule has 3 rings (SSSR count). The predicted molar refractivity (Wildman–Crippen MR) is 69.4 cm³/mol. The number of methoxy groups -OCH3 is 1. The van der Waals surface area contributed by atoms with Gasteiger partial charge in [-0.05, 0) is 24.3 Å². The molecule has 2 aromatic heterocycles. The SMILES string of the molecule is COc1cccc(-c2cccc3nc(N)nn23)c1. The Bertz CT molecular complexity index is 705. The maximum Gasteiger partial charge on any atom is 0.240 e. The van der Waals surface area contributed by atoms with Crippen LogP contribution < -0.4 is 10.5 Å². The van der Waals surface area contributed by atoms with Crippen LogP contribution in [0.1, 0.15) is 0 Å². The molecule has 3 aromatic rings. The maximum atomic E-state index is 5.63. The van der Waals surface area contributed by atoms with Gasteiger partial charge in [-0.1, -0.05) is 18.2 Å². The minimum atomic E-state index is 0.269. The normalized spacial score (nSPS) is 10.7. The quantitative estimate of drug-likeness (QED) is 0.744. The summed E-state index contributed by atoms with van der Waals surface area (Å²) in [6, 6.07) is 13.6. The van der Waals surface area contributed by atoms with Crippen LogP contribution in [0.3, 0.4) is 0 Å². The molecule has 18 heavy (non-hydrogen) atoms. The molecule has 2 N–H and O–H groups in total. The summed E-state index contributed by atoms with van der Waals surface area (Å²) in [5.41, 5.74) is 8.29. The minimum Gasteiger partial charge on any atom is -0.497 e. The van der Waals surface area contributed by atoms with E-state index in [-0.39, 0.29) is 5.95 Å². The number of hydrogen-bond donors (Lipinski definition) is 1. The van der Waals surface area contributed by atoms with Gasteiger partial charge in [0, 0.05) is 5.56 Å². The second-order valence-electron chi connectivity index (χ2n) is 3.88. The summed E-state index contributed by atoms with van der Waals surface area (Å²) in [6.07, 6.45) is 0. The van der Waals surface area contributed by atoms with Crippen molar-refractivity contribution in [2.75, 3.05) is 12.8 Å². The van der Waals surface area contributed by atoms with Gasteiger partial charge in [0.15, 0.2) is 5.65 Å². The third-order valence-corrected chi connectivity index (χ3v) is 2.74. The number of nitrogens with zero attached hydrogens (tertiary/aromatic N) is 3. The Morgan fingerprint density at radius 2 is 2.00 bits per heavy atom. The van der Waals surface area contributed by atoms with Crippen molar-refractivity contribution >= 4 is 11.6 Å². The van der Waals surface area contributed by atoms with E-state index in [1.54, 1.807) is 11.6 Å². The Labute approximate surface area is 104 Å². The molecule has 0 aliphatic heterocycles. The van der Waals surface area contributed by atoms with E-state index in [1.165, 1.54) is 0 Å². The van der Waals surface area contributed by atoms with E-state index in [9.17, 15) is 0 Å². The number of hydrogen-bond acceptors (Lipinski definition) is 4. The highest BCUT2D eigenvalue weighted by Crippen LogP contribution is 2.24. The molecule has 0 radical (unpaired) electrons. The largest absolute Gasteiger partial charge is 0.497 e. The van der Waals surface area contributed by atoms with Gasteiger partial charge < -0.3 is 10.5 Å². The summed E-state index contributed by atoms with van der Waals surface area (Å²) >= 11 is 0. The van der Waals surface area contributed by atoms with Gasteiger partial charge in [0.1, 0.15) is 5.75 Å². The van der Waals surface area contributed by atoms with Crippen LogP contribution in [0.5, 0.6) is 5.75 Å². The second-order valence-corrected chi connectivity index (χ2v) is 3.88. The van der Waals surface area contributed by atoms with E-state index >= 15 is 0 Å². The summed E-state index contributed by atoms with van der Waals surface area (Å²) in [5.74, 6) is 1.07. The lowest BCUT2D eigenvalue weighted by atomic mass is 10.1. The van der Waals surface area contributed by atoms with Crippen LogP contribution in [-0.2, 0) is 0 Å². The Morgan fingerprint density at radius 1 is 1.17 bits per heavy atom. The first-order chi connectivity index (χ1) is 8.78.